The van der Waals surface area contributed by atoms with Gasteiger partial charge in [-0.05, 0) is 17.7 Å². The standard InChI is InChI=1S/C12H14N4O2.ClH/c1-8-15-11(16-18-8)7-14-12(17)10-4-2-9(6-13)3-5-10;/h2-5H,6-7,13H2,1H3,(H,14,17);1H. The average molecular weight is 283 g/mol. The number of aryl methyl sites for hydroxylation is 1. The summed E-state index contributed by atoms with van der Waals surface area (Å²) in [6.07, 6.45) is 0. The van der Waals surface area contributed by atoms with Crippen LogP contribution < -0.4 is 11.1 Å². The van der Waals surface area contributed by atoms with Crippen LogP contribution in [0.4, 0.5) is 0 Å². The normalized spacial score (nSPS) is 9.79. The van der Waals surface area contributed by atoms with Gasteiger partial charge in [0, 0.05) is 19.0 Å². The first kappa shape index (κ1) is 15.1. The second kappa shape index (κ2) is 6.86. The summed E-state index contributed by atoms with van der Waals surface area (Å²) in [5.41, 5.74) is 7.05. The summed E-state index contributed by atoms with van der Waals surface area (Å²) in [5, 5.41) is 6.40. The van der Waals surface area contributed by atoms with Crippen molar-refractivity contribution in [3.8, 4) is 0 Å². The van der Waals surface area contributed by atoms with Crippen LogP contribution in [0.5, 0.6) is 0 Å². The van der Waals surface area contributed by atoms with Crippen LogP contribution in [-0.4, -0.2) is 16.0 Å². The number of halogens is 1. The topological polar surface area (TPSA) is 94.0 Å². The molecule has 0 bridgehead atoms. The van der Waals surface area contributed by atoms with Crippen molar-refractivity contribution in [2.45, 2.75) is 20.0 Å². The molecule has 2 rings (SSSR count). The lowest BCUT2D eigenvalue weighted by Crippen LogP contribution is -2.23. The SMILES string of the molecule is Cc1nc(CNC(=O)c2ccc(CN)cc2)no1.Cl. The number of rotatable bonds is 4. The Hall–Kier alpha value is -1.92. The molecule has 7 heteroatoms. The third kappa shape index (κ3) is 4.04. The molecule has 0 aliphatic heterocycles. The van der Waals surface area contributed by atoms with E-state index in [1.54, 1.807) is 19.1 Å². The molecule has 0 radical (unpaired) electrons. The van der Waals surface area contributed by atoms with Crippen LogP contribution >= 0.6 is 12.4 Å². The van der Waals surface area contributed by atoms with E-state index in [-0.39, 0.29) is 24.9 Å². The Balaban J connectivity index is 0.00000180. The Bertz CT molecular complexity index is 539. The predicted molar refractivity (Wildman–Crippen MR) is 71.8 cm³/mol. The quantitative estimate of drug-likeness (QED) is 0.878. The summed E-state index contributed by atoms with van der Waals surface area (Å²) < 4.78 is 4.81. The van der Waals surface area contributed by atoms with Crippen molar-refractivity contribution in [2.75, 3.05) is 0 Å². The molecule has 102 valence electrons. The van der Waals surface area contributed by atoms with Crippen LogP contribution in [0.3, 0.4) is 0 Å². The van der Waals surface area contributed by atoms with Crippen LogP contribution in [0.2, 0.25) is 0 Å². The Morgan fingerprint density at radius 3 is 2.58 bits per heavy atom. The van der Waals surface area contributed by atoms with Gasteiger partial charge < -0.3 is 15.6 Å². The number of nitrogens with zero attached hydrogens (tertiary/aromatic N) is 2. The predicted octanol–water partition coefficient (Wildman–Crippen LogP) is 1.19. The molecule has 1 amide bonds. The zero-order valence-electron chi connectivity index (χ0n) is 10.4. The second-order valence-corrected chi connectivity index (χ2v) is 3.81. The van der Waals surface area contributed by atoms with Crippen molar-refractivity contribution < 1.29 is 9.32 Å². The highest BCUT2D eigenvalue weighted by atomic mass is 35.5. The largest absolute Gasteiger partial charge is 0.345 e. The molecule has 6 nitrogen and oxygen atoms in total. The second-order valence-electron chi connectivity index (χ2n) is 3.81. The van der Waals surface area contributed by atoms with E-state index in [4.69, 9.17) is 10.3 Å². The molecule has 0 fully saturated rings. The molecule has 3 N–H and O–H groups in total. The van der Waals surface area contributed by atoms with Gasteiger partial charge in [0.05, 0.1) is 6.54 Å². The fourth-order valence-electron chi connectivity index (χ4n) is 1.47. The molecule has 0 saturated carbocycles. The minimum Gasteiger partial charge on any atom is -0.345 e. The van der Waals surface area contributed by atoms with Crippen LogP contribution in [0.25, 0.3) is 0 Å². The van der Waals surface area contributed by atoms with Crippen molar-refractivity contribution in [3.05, 3.63) is 47.1 Å². The highest BCUT2D eigenvalue weighted by Gasteiger charge is 2.07. The zero-order valence-corrected chi connectivity index (χ0v) is 11.2. The molecule has 0 saturated heterocycles. The monoisotopic (exact) mass is 282 g/mol. The number of carbonyl (C=O) groups is 1. The molecular formula is C12H15ClN4O2. The first-order valence-electron chi connectivity index (χ1n) is 5.55. The van der Waals surface area contributed by atoms with Gasteiger partial charge in [-0.2, -0.15) is 4.98 Å². The van der Waals surface area contributed by atoms with E-state index in [2.05, 4.69) is 15.5 Å². The van der Waals surface area contributed by atoms with E-state index in [1.807, 2.05) is 12.1 Å². The fourth-order valence-corrected chi connectivity index (χ4v) is 1.47. The van der Waals surface area contributed by atoms with Crippen molar-refractivity contribution in [1.29, 1.82) is 0 Å². The Labute approximate surface area is 116 Å². The Morgan fingerprint density at radius 2 is 2.05 bits per heavy atom. The number of carbonyl (C=O) groups excluding carboxylic acids is 1. The number of aromatic nitrogens is 2. The van der Waals surface area contributed by atoms with Gasteiger partial charge >= 0.3 is 0 Å². The van der Waals surface area contributed by atoms with Crippen molar-refractivity contribution in [1.82, 2.24) is 15.5 Å². The van der Waals surface area contributed by atoms with E-state index in [0.717, 1.165) is 5.56 Å². The van der Waals surface area contributed by atoms with E-state index in [0.29, 0.717) is 23.8 Å². The molecule has 0 unspecified atom stereocenters. The molecule has 1 aromatic heterocycles. The average Bonchev–Trinajstić information content (AvgIpc) is 2.82. The molecule has 0 aliphatic rings. The molecule has 19 heavy (non-hydrogen) atoms. The lowest BCUT2D eigenvalue weighted by Gasteiger charge is -2.03. The van der Waals surface area contributed by atoms with E-state index in [9.17, 15) is 4.79 Å². The van der Waals surface area contributed by atoms with Crippen LogP contribution in [0, 0.1) is 6.92 Å². The summed E-state index contributed by atoms with van der Waals surface area (Å²) in [6.45, 7) is 2.41. The number of hydrogen-bond donors (Lipinski definition) is 2. The van der Waals surface area contributed by atoms with Gasteiger partial charge in [0.1, 0.15) is 0 Å². The summed E-state index contributed by atoms with van der Waals surface area (Å²) in [7, 11) is 0. The first-order valence-corrected chi connectivity index (χ1v) is 5.55. The summed E-state index contributed by atoms with van der Waals surface area (Å²) in [5.74, 6) is 0.756. The highest BCUT2D eigenvalue weighted by Crippen LogP contribution is 2.04. The third-order valence-electron chi connectivity index (χ3n) is 2.43. The highest BCUT2D eigenvalue weighted by molar-refractivity contribution is 5.94. The number of nitrogens with two attached hydrogens (primary N) is 1. The van der Waals surface area contributed by atoms with Crippen molar-refractivity contribution >= 4 is 18.3 Å². The number of hydrogen-bond acceptors (Lipinski definition) is 5. The molecule has 1 heterocycles. The van der Waals surface area contributed by atoms with Crippen molar-refractivity contribution in [3.63, 3.8) is 0 Å². The maximum absolute atomic E-state index is 11.8. The van der Waals surface area contributed by atoms with Crippen molar-refractivity contribution in [2.24, 2.45) is 5.73 Å². The lowest BCUT2D eigenvalue weighted by atomic mass is 10.1. The molecule has 2 aromatic rings. The van der Waals surface area contributed by atoms with Gasteiger partial charge in [-0.25, -0.2) is 0 Å². The lowest BCUT2D eigenvalue weighted by molar-refractivity contribution is 0.0949. The summed E-state index contributed by atoms with van der Waals surface area (Å²) in [6, 6.07) is 7.12. The summed E-state index contributed by atoms with van der Waals surface area (Å²) >= 11 is 0. The van der Waals surface area contributed by atoms with Crippen LogP contribution in [-0.2, 0) is 13.1 Å². The molecule has 0 spiro atoms. The number of amides is 1. The molecule has 0 aliphatic carbocycles. The first-order chi connectivity index (χ1) is 8.69. The smallest absolute Gasteiger partial charge is 0.251 e. The zero-order chi connectivity index (χ0) is 13.0. The van der Waals surface area contributed by atoms with Crippen LogP contribution in [0.15, 0.2) is 28.8 Å². The third-order valence-corrected chi connectivity index (χ3v) is 2.43. The number of benzene rings is 1. The van der Waals surface area contributed by atoms with Crippen LogP contribution in [0.1, 0.15) is 27.6 Å². The summed E-state index contributed by atoms with van der Waals surface area (Å²) in [4.78, 5) is 15.8. The Kier molecular flexibility index (Phi) is 5.47. The fraction of sp³-hybridized carbons (Fsp3) is 0.250. The maximum Gasteiger partial charge on any atom is 0.251 e. The van der Waals surface area contributed by atoms with Gasteiger partial charge in [0.25, 0.3) is 5.91 Å². The number of nitrogens with one attached hydrogen (secondary N) is 1. The van der Waals surface area contributed by atoms with E-state index >= 15 is 0 Å². The van der Waals surface area contributed by atoms with Gasteiger partial charge in [0.2, 0.25) is 5.89 Å². The van der Waals surface area contributed by atoms with Gasteiger partial charge in [-0.15, -0.1) is 12.4 Å². The van der Waals surface area contributed by atoms with Gasteiger partial charge in [-0.3, -0.25) is 4.79 Å². The molecular weight excluding hydrogens is 268 g/mol. The van der Waals surface area contributed by atoms with Gasteiger partial charge in [-0.1, -0.05) is 17.3 Å². The molecule has 1 aromatic carbocycles. The minimum absolute atomic E-state index is 0. The Morgan fingerprint density at radius 1 is 1.37 bits per heavy atom. The maximum atomic E-state index is 11.8. The van der Waals surface area contributed by atoms with Gasteiger partial charge in [0.15, 0.2) is 5.82 Å². The minimum atomic E-state index is -0.180. The molecule has 0 atom stereocenters. The van der Waals surface area contributed by atoms with E-state index in [1.165, 1.54) is 0 Å². The van der Waals surface area contributed by atoms with E-state index < -0.39 is 0 Å².